The molecule has 2 saturated carbocycles. The van der Waals surface area contributed by atoms with Gasteiger partial charge in [0.15, 0.2) is 0 Å². The summed E-state index contributed by atoms with van der Waals surface area (Å²) in [6, 6.07) is 0. The van der Waals surface area contributed by atoms with E-state index in [2.05, 4.69) is 19.1 Å². The molecule has 6 atom stereocenters. The van der Waals surface area contributed by atoms with Crippen LogP contribution in [-0.4, -0.2) is 40.2 Å². The van der Waals surface area contributed by atoms with E-state index < -0.39 is 0 Å². The number of nitrogens with two attached hydrogens (primary N) is 1. The lowest BCUT2D eigenvalue weighted by molar-refractivity contribution is -0.0346. The lowest BCUT2D eigenvalue weighted by Gasteiger charge is -2.38. The minimum Gasteiger partial charge on any atom is -0.393 e. The van der Waals surface area contributed by atoms with Crippen molar-refractivity contribution in [3.63, 3.8) is 0 Å². The van der Waals surface area contributed by atoms with Gasteiger partial charge in [-0.15, -0.1) is 0 Å². The highest BCUT2D eigenvalue weighted by Crippen LogP contribution is 2.39. The summed E-state index contributed by atoms with van der Waals surface area (Å²) in [5, 5.41) is 30.4. The Morgan fingerprint density at radius 3 is 2.35 bits per heavy atom. The molecule has 4 nitrogen and oxygen atoms in total. The van der Waals surface area contributed by atoms with E-state index in [1.165, 1.54) is 0 Å². The quantitative estimate of drug-likeness (QED) is 0.496. The number of aliphatic hydroxyl groups excluding tert-OH is 3. The van der Waals surface area contributed by atoms with Gasteiger partial charge in [-0.2, -0.15) is 0 Å². The highest BCUT2D eigenvalue weighted by atomic mass is 16.3. The van der Waals surface area contributed by atoms with Crippen LogP contribution in [-0.2, 0) is 0 Å². The summed E-state index contributed by atoms with van der Waals surface area (Å²) in [5.74, 6) is 2.29. The highest BCUT2D eigenvalue weighted by molar-refractivity contribution is 4.90. The van der Waals surface area contributed by atoms with Gasteiger partial charge in [-0.05, 0) is 87.4 Å². The molecule has 0 aromatic carbocycles. The fourth-order valence-electron chi connectivity index (χ4n) is 5.23. The van der Waals surface area contributed by atoms with Crippen molar-refractivity contribution >= 4 is 0 Å². The predicted molar refractivity (Wildman–Crippen MR) is 107 cm³/mol. The second-order valence-electron chi connectivity index (χ2n) is 9.19. The largest absolute Gasteiger partial charge is 0.393 e. The molecule has 2 aliphatic carbocycles. The Bertz CT molecular complexity index is 420. The summed E-state index contributed by atoms with van der Waals surface area (Å²) in [5.41, 5.74) is 5.60. The fourth-order valence-corrected chi connectivity index (χ4v) is 5.23. The van der Waals surface area contributed by atoms with Crippen molar-refractivity contribution in [2.45, 2.75) is 89.9 Å². The Morgan fingerprint density at radius 1 is 1.00 bits per heavy atom. The van der Waals surface area contributed by atoms with E-state index in [1.807, 2.05) is 6.92 Å². The Balaban J connectivity index is 1.90. The molecule has 2 fully saturated rings. The number of allylic oxidation sites excluding steroid dienone is 1. The molecule has 0 aromatic heterocycles. The summed E-state index contributed by atoms with van der Waals surface area (Å²) in [6.45, 7) is 4.93. The van der Waals surface area contributed by atoms with Gasteiger partial charge in [-0.3, -0.25) is 0 Å². The Kier molecular flexibility index (Phi) is 9.08. The van der Waals surface area contributed by atoms with Gasteiger partial charge < -0.3 is 21.1 Å². The first-order valence-corrected chi connectivity index (χ1v) is 10.8. The Morgan fingerprint density at radius 2 is 1.69 bits per heavy atom. The molecular weight excluding hydrogens is 326 g/mol. The maximum atomic E-state index is 10.4. The monoisotopic (exact) mass is 367 g/mol. The van der Waals surface area contributed by atoms with Gasteiger partial charge in [-0.25, -0.2) is 0 Å². The molecule has 2 aliphatic rings. The number of aliphatic hydroxyl groups is 3. The van der Waals surface area contributed by atoms with Crippen LogP contribution in [0.25, 0.3) is 0 Å². The highest BCUT2D eigenvalue weighted by Gasteiger charge is 2.34. The van der Waals surface area contributed by atoms with Crippen LogP contribution in [0.4, 0.5) is 0 Å². The SMILES string of the molecule is CC(CC1CC(O)C(C)CC1O)CC(C/C=C\CN)C1CCC(O)CC1. The van der Waals surface area contributed by atoms with Crippen molar-refractivity contribution in [2.75, 3.05) is 6.54 Å². The van der Waals surface area contributed by atoms with Gasteiger partial charge in [-0.1, -0.05) is 26.0 Å². The van der Waals surface area contributed by atoms with Crippen LogP contribution < -0.4 is 5.73 Å². The minimum atomic E-state index is -0.267. The summed E-state index contributed by atoms with van der Waals surface area (Å²) >= 11 is 0. The van der Waals surface area contributed by atoms with E-state index in [-0.39, 0.29) is 30.1 Å². The normalized spacial score (nSPS) is 38.4. The van der Waals surface area contributed by atoms with Crippen LogP contribution in [0.15, 0.2) is 12.2 Å². The zero-order valence-corrected chi connectivity index (χ0v) is 16.8. The first kappa shape index (κ1) is 21.9. The first-order valence-electron chi connectivity index (χ1n) is 10.8. The molecule has 0 aromatic rings. The Hall–Kier alpha value is -0.420. The van der Waals surface area contributed by atoms with Crippen LogP contribution in [0.3, 0.4) is 0 Å². The van der Waals surface area contributed by atoms with Crippen molar-refractivity contribution in [3.05, 3.63) is 12.2 Å². The molecule has 0 spiro atoms. The number of rotatable bonds is 8. The topological polar surface area (TPSA) is 86.7 Å². The van der Waals surface area contributed by atoms with Crippen LogP contribution in [0.5, 0.6) is 0 Å². The van der Waals surface area contributed by atoms with E-state index in [4.69, 9.17) is 5.73 Å². The van der Waals surface area contributed by atoms with Gasteiger partial charge in [0.1, 0.15) is 0 Å². The zero-order chi connectivity index (χ0) is 19.1. The summed E-state index contributed by atoms with van der Waals surface area (Å²) < 4.78 is 0. The molecule has 2 rings (SSSR count). The molecule has 0 radical (unpaired) electrons. The van der Waals surface area contributed by atoms with Crippen LogP contribution in [0.2, 0.25) is 0 Å². The van der Waals surface area contributed by atoms with Crippen molar-refractivity contribution in [1.82, 2.24) is 0 Å². The summed E-state index contributed by atoms with van der Waals surface area (Å²) in [6.07, 6.45) is 12.4. The fraction of sp³-hybridized carbons (Fsp3) is 0.909. The maximum absolute atomic E-state index is 10.4. The molecule has 5 N–H and O–H groups in total. The summed E-state index contributed by atoms with van der Waals surface area (Å²) in [4.78, 5) is 0. The van der Waals surface area contributed by atoms with Crippen molar-refractivity contribution in [1.29, 1.82) is 0 Å². The third-order valence-electron chi connectivity index (χ3n) is 6.92. The Labute approximate surface area is 159 Å². The lowest BCUT2D eigenvalue weighted by atomic mass is 9.71. The molecule has 0 amide bonds. The minimum absolute atomic E-state index is 0.107. The van der Waals surface area contributed by atoms with Gasteiger partial charge >= 0.3 is 0 Å². The van der Waals surface area contributed by atoms with Crippen LogP contribution in [0, 0.1) is 29.6 Å². The second-order valence-corrected chi connectivity index (χ2v) is 9.19. The summed E-state index contributed by atoms with van der Waals surface area (Å²) in [7, 11) is 0. The third-order valence-corrected chi connectivity index (χ3v) is 6.92. The van der Waals surface area contributed by atoms with E-state index in [0.29, 0.717) is 24.3 Å². The average molecular weight is 368 g/mol. The van der Waals surface area contributed by atoms with Gasteiger partial charge in [0.25, 0.3) is 0 Å². The van der Waals surface area contributed by atoms with Crippen LogP contribution in [0.1, 0.15) is 71.6 Å². The van der Waals surface area contributed by atoms with Crippen LogP contribution >= 0.6 is 0 Å². The van der Waals surface area contributed by atoms with E-state index >= 15 is 0 Å². The molecule has 26 heavy (non-hydrogen) atoms. The number of hydrogen-bond acceptors (Lipinski definition) is 4. The standard InChI is InChI=1S/C22H41NO3/c1-15(12-19-14-21(25)16(2)13-22(19)26)11-18(5-3-4-10-23)17-6-8-20(24)9-7-17/h3-4,15-22,24-26H,5-14,23H2,1-2H3/b4-3-. The smallest absolute Gasteiger partial charge is 0.0573 e. The van der Waals surface area contributed by atoms with E-state index in [9.17, 15) is 15.3 Å². The average Bonchev–Trinajstić information content (AvgIpc) is 2.60. The molecule has 6 unspecified atom stereocenters. The van der Waals surface area contributed by atoms with E-state index in [0.717, 1.165) is 57.8 Å². The van der Waals surface area contributed by atoms with Gasteiger partial charge in [0.05, 0.1) is 18.3 Å². The molecule has 0 saturated heterocycles. The second kappa shape index (κ2) is 10.8. The van der Waals surface area contributed by atoms with Crippen molar-refractivity contribution < 1.29 is 15.3 Å². The molecule has 0 heterocycles. The number of hydrogen-bond donors (Lipinski definition) is 4. The molecule has 4 heteroatoms. The van der Waals surface area contributed by atoms with Crippen molar-refractivity contribution in [3.8, 4) is 0 Å². The zero-order valence-electron chi connectivity index (χ0n) is 16.8. The third kappa shape index (κ3) is 6.63. The molecular formula is C22H41NO3. The maximum Gasteiger partial charge on any atom is 0.0573 e. The molecule has 0 bridgehead atoms. The van der Waals surface area contributed by atoms with Gasteiger partial charge in [0, 0.05) is 6.54 Å². The molecule has 0 aliphatic heterocycles. The lowest BCUT2D eigenvalue weighted by Crippen LogP contribution is -2.38. The van der Waals surface area contributed by atoms with Crippen molar-refractivity contribution in [2.24, 2.45) is 35.3 Å². The predicted octanol–water partition coefficient (Wildman–Crippen LogP) is 3.24. The van der Waals surface area contributed by atoms with E-state index in [1.54, 1.807) is 0 Å². The molecule has 152 valence electrons. The first-order chi connectivity index (χ1) is 12.4. The van der Waals surface area contributed by atoms with Gasteiger partial charge in [0.2, 0.25) is 0 Å².